The number of carbonyl (C=O) groups excluding carboxylic acids is 1. The Morgan fingerprint density at radius 2 is 1.59 bits per heavy atom. The van der Waals surface area contributed by atoms with E-state index in [4.69, 9.17) is 11.6 Å². The van der Waals surface area contributed by atoms with E-state index in [0.717, 1.165) is 5.56 Å². The molecule has 0 aromatic heterocycles. The third-order valence-electron chi connectivity index (χ3n) is 4.43. The molecule has 0 heterocycles. The molecule has 0 radical (unpaired) electrons. The van der Waals surface area contributed by atoms with Crippen molar-refractivity contribution < 1.29 is 13.2 Å². The van der Waals surface area contributed by atoms with Gasteiger partial charge in [0.2, 0.25) is 0 Å². The number of benzene rings is 3. The number of carbonyl (C=O) groups is 1. The summed E-state index contributed by atoms with van der Waals surface area (Å²) in [4.78, 5) is 13.0. The minimum absolute atomic E-state index is 0.135. The van der Waals surface area contributed by atoms with E-state index in [1.807, 2.05) is 37.3 Å². The van der Waals surface area contributed by atoms with Gasteiger partial charge < -0.3 is 5.32 Å². The molecule has 0 fully saturated rings. The molecule has 3 aromatic carbocycles. The van der Waals surface area contributed by atoms with Gasteiger partial charge in [-0.25, -0.2) is 8.42 Å². The highest BCUT2D eigenvalue weighted by molar-refractivity contribution is 7.92. The summed E-state index contributed by atoms with van der Waals surface area (Å²) in [6, 6.07) is 21.9. The van der Waals surface area contributed by atoms with E-state index in [0.29, 0.717) is 6.42 Å². The van der Waals surface area contributed by atoms with Crippen molar-refractivity contribution in [3.8, 4) is 0 Å². The zero-order chi connectivity index (χ0) is 20.9. The van der Waals surface area contributed by atoms with E-state index in [9.17, 15) is 13.2 Å². The van der Waals surface area contributed by atoms with Gasteiger partial charge in [-0.1, -0.05) is 67.1 Å². The summed E-state index contributed by atoms with van der Waals surface area (Å²) >= 11 is 6.21. The Labute approximate surface area is 175 Å². The summed E-state index contributed by atoms with van der Waals surface area (Å²) in [6.45, 7) is 1.98. The number of nitrogens with one attached hydrogen (secondary N) is 2. The lowest BCUT2D eigenvalue weighted by molar-refractivity contribution is 0.0935. The zero-order valence-corrected chi connectivity index (χ0v) is 17.4. The highest BCUT2D eigenvalue weighted by Crippen LogP contribution is 2.24. The first-order valence-corrected chi connectivity index (χ1v) is 11.0. The number of sulfonamides is 1. The van der Waals surface area contributed by atoms with Crippen molar-refractivity contribution in [1.82, 2.24) is 5.32 Å². The highest BCUT2D eigenvalue weighted by atomic mass is 35.5. The number of anilines is 1. The lowest BCUT2D eigenvalue weighted by atomic mass is 10.0. The summed E-state index contributed by atoms with van der Waals surface area (Å²) in [5.74, 6) is -0.369. The number of amides is 1. The van der Waals surface area contributed by atoms with Crippen molar-refractivity contribution in [3.05, 3.63) is 95.0 Å². The molecule has 0 spiro atoms. The van der Waals surface area contributed by atoms with Crippen LogP contribution in [0, 0.1) is 0 Å². The second-order valence-electron chi connectivity index (χ2n) is 6.46. The summed E-state index contributed by atoms with van der Waals surface area (Å²) in [6.07, 6.45) is 0.702. The Kier molecular flexibility index (Phi) is 6.56. The number of hydrogen-bond donors (Lipinski definition) is 2. The van der Waals surface area contributed by atoms with Crippen molar-refractivity contribution in [2.75, 3.05) is 4.72 Å². The van der Waals surface area contributed by atoms with Crippen molar-refractivity contribution in [2.24, 2.45) is 0 Å². The molecule has 29 heavy (non-hydrogen) atoms. The minimum atomic E-state index is -3.76. The van der Waals surface area contributed by atoms with Gasteiger partial charge in [-0.15, -0.1) is 0 Å². The maximum Gasteiger partial charge on any atom is 0.261 e. The normalized spacial score (nSPS) is 12.2. The Morgan fingerprint density at radius 3 is 2.21 bits per heavy atom. The molecule has 2 N–H and O–H groups in total. The topological polar surface area (TPSA) is 75.3 Å². The summed E-state index contributed by atoms with van der Waals surface area (Å²) in [5.41, 5.74) is 1.45. The third kappa shape index (κ3) is 5.16. The molecule has 0 aliphatic heterocycles. The first-order valence-electron chi connectivity index (χ1n) is 9.14. The van der Waals surface area contributed by atoms with Crippen LogP contribution in [0.4, 0.5) is 5.69 Å². The van der Waals surface area contributed by atoms with Gasteiger partial charge in [-0.05, 0) is 42.3 Å². The van der Waals surface area contributed by atoms with Crippen LogP contribution in [0.5, 0.6) is 0 Å². The molecule has 0 saturated heterocycles. The Hall–Kier alpha value is -2.83. The molecular weight excluding hydrogens is 408 g/mol. The van der Waals surface area contributed by atoms with Gasteiger partial charge in [0, 0.05) is 5.69 Å². The van der Waals surface area contributed by atoms with Crippen molar-refractivity contribution in [2.45, 2.75) is 24.3 Å². The largest absolute Gasteiger partial charge is 0.345 e. The average molecular weight is 429 g/mol. The fourth-order valence-corrected chi connectivity index (χ4v) is 4.19. The van der Waals surface area contributed by atoms with Crippen LogP contribution >= 0.6 is 11.6 Å². The predicted octanol–water partition coefficient (Wildman–Crippen LogP) is 5.02. The maximum absolute atomic E-state index is 12.8. The van der Waals surface area contributed by atoms with Crippen LogP contribution in [0.1, 0.15) is 35.3 Å². The van der Waals surface area contributed by atoms with E-state index in [-0.39, 0.29) is 33.1 Å². The van der Waals surface area contributed by atoms with Crippen LogP contribution < -0.4 is 10.0 Å². The minimum Gasteiger partial charge on any atom is -0.345 e. The quantitative estimate of drug-likeness (QED) is 0.554. The highest BCUT2D eigenvalue weighted by Gasteiger charge is 2.19. The molecular formula is C22H21ClN2O3S. The van der Waals surface area contributed by atoms with Crippen LogP contribution in [0.3, 0.4) is 0 Å². The van der Waals surface area contributed by atoms with Crippen molar-refractivity contribution >= 4 is 33.2 Å². The number of halogens is 1. The van der Waals surface area contributed by atoms with E-state index in [2.05, 4.69) is 10.0 Å². The van der Waals surface area contributed by atoms with Crippen LogP contribution in [0.25, 0.3) is 0 Å². The average Bonchev–Trinajstić information content (AvgIpc) is 2.74. The first-order chi connectivity index (χ1) is 13.9. The Bertz CT molecular complexity index is 1090. The smallest absolute Gasteiger partial charge is 0.261 e. The monoisotopic (exact) mass is 428 g/mol. The first kappa shape index (κ1) is 20.9. The van der Waals surface area contributed by atoms with E-state index < -0.39 is 10.0 Å². The SMILES string of the molecule is CC[C@@H](NC(=O)c1cc(NS(=O)(=O)c2ccccc2)ccc1Cl)c1ccccc1. The fourth-order valence-electron chi connectivity index (χ4n) is 2.92. The van der Waals surface area contributed by atoms with Gasteiger partial charge in [0.15, 0.2) is 0 Å². The molecule has 0 bridgehead atoms. The van der Waals surface area contributed by atoms with E-state index >= 15 is 0 Å². The predicted molar refractivity (Wildman–Crippen MR) is 116 cm³/mol. The molecule has 0 saturated carbocycles. The van der Waals surface area contributed by atoms with Gasteiger partial charge in [-0.3, -0.25) is 9.52 Å². The summed E-state index contributed by atoms with van der Waals surface area (Å²) in [5, 5.41) is 3.20. The molecule has 0 aliphatic rings. The van der Waals surface area contributed by atoms with Gasteiger partial charge in [-0.2, -0.15) is 0 Å². The molecule has 1 amide bonds. The van der Waals surface area contributed by atoms with Crippen LogP contribution in [-0.2, 0) is 10.0 Å². The molecule has 1 atom stereocenters. The second-order valence-corrected chi connectivity index (χ2v) is 8.55. The third-order valence-corrected chi connectivity index (χ3v) is 6.16. The molecule has 0 aliphatic carbocycles. The van der Waals surface area contributed by atoms with Gasteiger partial charge in [0.05, 0.1) is 21.5 Å². The molecule has 5 nitrogen and oxygen atoms in total. The zero-order valence-electron chi connectivity index (χ0n) is 15.8. The van der Waals surface area contributed by atoms with Gasteiger partial charge >= 0.3 is 0 Å². The molecule has 3 aromatic rings. The standard InChI is InChI=1S/C22H21ClN2O3S/c1-2-21(16-9-5-3-6-10-16)24-22(26)19-15-17(13-14-20(19)23)25-29(27,28)18-11-7-4-8-12-18/h3-15,21,25H,2H2,1H3,(H,24,26)/t21-/m1/s1. The Balaban J connectivity index is 1.82. The summed E-state index contributed by atoms with van der Waals surface area (Å²) in [7, 11) is -3.76. The lowest BCUT2D eigenvalue weighted by Gasteiger charge is -2.18. The molecule has 0 unspecified atom stereocenters. The summed E-state index contributed by atoms with van der Waals surface area (Å²) < 4.78 is 27.6. The van der Waals surface area contributed by atoms with Crippen LogP contribution in [0.2, 0.25) is 5.02 Å². The van der Waals surface area contributed by atoms with Gasteiger partial charge in [0.25, 0.3) is 15.9 Å². The maximum atomic E-state index is 12.8. The van der Waals surface area contributed by atoms with E-state index in [1.165, 1.54) is 30.3 Å². The number of hydrogen-bond acceptors (Lipinski definition) is 3. The van der Waals surface area contributed by atoms with Crippen LogP contribution in [-0.4, -0.2) is 14.3 Å². The fraction of sp³-hybridized carbons (Fsp3) is 0.136. The van der Waals surface area contributed by atoms with Crippen LogP contribution in [0.15, 0.2) is 83.8 Å². The lowest BCUT2D eigenvalue weighted by Crippen LogP contribution is -2.28. The molecule has 7 heteroatoms. The van der Waals surface area contributed by atoms with Crippen molar-refractivity contribution in [1.29, 1.82) is 0 Å². The molecule has 3 rings (SSSR count). The molecule has 150 valence electrons. The van der Waals surface area contributed by atoms with E-state index in [1.54, 1.807) is 18.2 Å². The van der Waals surface area contributed by atoms with Gasteiger partial charge in [0.1, 0.15) is 0 Å². The second kappa shape index (κ2) is 9.11. The Morgan fingerprint density at radius 1 is 0.966 bits per heavy atom. The van der Waals surface area contributed by atoms with Crippen molar-refractivity contribution in [3.63, 3.8) is 0 Å². The number of rotatable bonds is 7.